The summed E-state index contributed by atoms with van der Waals surface area (Å²) in [6, 6.07) is 1.04. The van der Waals surface area contributed by atoms with Gasteiger partial charge in [0.1, 0.15) is 12.9 Å². The summed E-state index contributed by atoms with van der Waals surface area (Å²) >= 11 is 0. The molecule has 3 rings (SSSR count). The Kier molecular flexibility index (Phi) is 4.46. The molecule has 0 aromatic carbocycles. The highest BCUT2D eigenvalue weighted by Gasteiger charge is 2.49. The number of halogens is 3. The van der Waals surface area contributed by atoms with Crippen LogP contribution in [-0.2, 0) is 10.9 Å². The maximum atomic E-state index is 12.7. The van der Waals surface area contributed by atoms with Gasteiger partial charge in [-0.1, -0.05) is 0 Å². The molecule has 1 aromatic rings. The van der Waals surface area contributed by atoms with Crippen LogP contribution in [-0.4, -0.2) is 53.3 Å². The average molecular weight is 331 g/mol. The van der Waals surface area contributed by atoms with Crippen LogP contribution in [0, 0.1) is 0 Å². The molecule has 2 atom stereocenters. The summed E-state index contributed by atoms with van der Waals surface area (Å²) in [4.78, 5) is 9.40. The average Bonchev–Trinajstić information content (AvgIpc) is 3.04. The van der Waals surface area contributed by atoms with Crippen molar-refractivity contribution in [2.45, 2.75) is 43.4 Å². The van der Waals surface area contributed by atoms with Crippen LogP contribution in [0.25, 0.3) is 0 Å². The summed E-state index contributed by atoms with van der Waals surface area (Å²) < 4.78 is 48.8. The second-order valence-corrected chi connectivity index (χ2v) is 6.20. The van der Waals surface area contributed by atoms with Gasteiger partial charge in [0.05, 0.1) is 6.61 Å². The lowest BCUT2D eigenvalue weighted by Crippen LogP contribution is -2.47. The van der Waals surface area contributed by atoms with Crippen molar-refractivity contribution >= 4 is 0 Å². The van der Waals surface area contributed by atoms with Gasteiger partial charge in [-0.15, -0.1) is 0 Å². The van der Waals surface area contributed by atoms with Gasteiger partial charge >= 0.3 is 6.18 Å². The zero-order valence-corrected chi connectivity index (χ0v) is 13.0. The van der Waals surface area contributed by atoms with Gasteiger partial charge < -0.3 is 9.47 Å². The SMILES string of the molecule is COCC12CCCN1[C@H](COc1cc(C(F)(F)F)ncn1)CC2. The summed E-state index contributed by atoms with van der Waals surface area (Å²) in [6.07, 6.45) is 0.608. The number of hydrogen-bond acceptors (Lipinski definition) is 5. The first-order valence-corrected chi connectivity index (χ1v) is 7.72. The molecule has 0 amide bonds. The van der Waals surface area contributed by atoms with E-state index in [9.17, 15) is 13.2 Å². The van der Waals surface area contributed by atoms with E-state index >= 15 is 0 Å². The fraction of sp³-hybridized carbons (Fsp3) is 0.733. The molecule has 2 aliphatic rings. The Morgan fingerprint density at radius 1 is 1.35 bits per heavy atom. The highest BCUT2D eigenvalue weighted by Crippen LogP contribution is 2.42. The van der Waals surface area contributed by atoms with E-state index in [-0.39, 0.29) is 17.5 Å². The fourth-order valence-electron chi connectivity index (χ4n) is 3.81. The van der Waals surface area contributed by atoms with Gasteiger partial charge in [0.15, 0.2) is 5.69 Å². The zero-order chi connectivity index (χ0) is 16.5. The predicted molar refractivity (Wildman–Crippen MR) is 76.1 cm³/mol. The van der Waals surface area contributed by atoms with E-state index in [1.165, 1.54) is 0 Å². The zero-order valence-electron chi connectivity index (χ0n) is 13.0. The second-order valence-electron chi connectivity index (χ2n) is 6.20. The van der Waals surface area contributed by atoms with Gasteiger partial charge in [-0.3, -0.25) is 4.90 Å². The molecule has 0 saturated carbocycles. The third-order valence-electron chi connectivity index (χ3n) is 4.80. The van der Waals surface area contributed by atoms with E-state index < -0.39 is 11.9 Å². The molecule has 0 radical (unpaired) electrons. The van der Waals surface area contributed by atoms with Crippen LogP contribution >= 0.6 is 0 Å². The first kappa shape index (κ1) is 16.4. The molecule has 0 spiro atoms. The van der Waals surface area contributed by atoms with Crippen LogP contribution in [0.1, 0.15) is 31.4 Å². The van der Waals surface area contributed by atoms with Crippen molar-refractivity contribution < 1.29 is 22.6 Å². The summed E-state index contributed by atoms with van der Waals surface area (Å²) in [5, 5.41) is 0. The van der Waals surface area contributed by atoms with Gasteiger partial charge in [0, 0.05) is 24.8 Å². The Hall–Kier alpha value is -1.41. The fourth-order valence-corrected chi connectivity index (χ4v) is 3.81. The third kappa shape index (κ3) is 3.28. The van der Waals surface area contributed by atoms with Crippen molar-refractivity contribution in [3.63, 3.8) is 0 Å². The van der Waals surface area contributed by atoms with Crippen molar-refractivity contribution in [2.75, 3.05) is 26.9 Å². The topological polar surface area (TPSA) is 47.5 Å². The van der Waals surface area contributed by atoms with Crippen LogP contribution < -0.4 is 4.74 Å². The van der Waals surface area contributed by atoms with Gasteiger partial charge in [-0.2, -0.15) is 13.2 Å². The molecule has 8 heteroatoms. The molecule has 0 bridgehead atoms. The molecule has 3 heterocycles. The molecule has 0 aliphatic carbocycles. The molecular weight excluding hydrogens is 311 g/mol. The molecule has 2 aliphatic heterocycles. The van der Waals surface area contributed by atoms with E-state index in [4.69, 9.17) is 9.47 Å². The van der Waals surface area contributed by atoms with Crippen molar-refractivity contribution in [3.05, 3.63) is 18.1 Å². The minimum atomic E-state index is -4.49. The summed E-state index contributed by atoms with van der Waals surface area (Å²) in [6.45, 7) is 2.00. The van der Waals surface area contributed by atoms with E-state index in [0.717, 1.165) is 44.6 Å². The van der Waals surface area contributed by atoms with E-state index in [1.807, 2.05) is 0 Å². The van der Waals surface area contributed by atoms with Crippen molar-refractivity contribution in [1.29, 1.82) is 0 Å². The number of methoxy groups -OCH3 is 1. The number of aromatic nitrogens is 2. The number of hydrogen-bond donors (Lipinski definition) is 0. The molecular formula is C15H20F3N3O2. The van der Waals surface area contributed by atoms with E-state index in [2.05, 4.69) is 14.9 Å². The van der Waals surface area contributed by atoms with Crippen LogP contribution in [0.2, 0.25) is 0 Å². The number of fused-ring (bicyclic) bond motifs is 1. The standard InChI is InChI=1S/C15H20F3N3O2/c1-22-9-14-4-2-6-21(14)11(3-5-14)8-23-13-7-12(15(16,17)18)19-10-20-13/h7,10-11H,2-6,8-9H2,1H3/t11-,14?/m0/s1. The Morgan fingerprint density at radius 3 is 2.91 bits per heavy atom. The largest absolute Gasteiger partial charge is 0.476 e. The lowest BCUT2D eigenvalue weighted by atomic mass is 9.95. The minimum Gasteiger partial charge on any atom is -0.476 e. The quantitative estimate of drug-likeness (QED) is 0.830. The summed E-state index contributed by atoms with van der Waals surface area (Å²) in [5.41, 5.74) is -0.908. The van der Waals surface area contributed by atoms with Gasteiger partial charge in [-0.25, -0.2) is 9.97 Å². The Morgan fingerprint density at radius 2 is 2.17 bits per heavy atom. The van der Waals surface area contributed by atoms with E-state index in [1.54, 1.807) is 7.11 Å². The number of nitrogens with zero attached hydrogens (tertiary/aromatic N) is 3. The first-order chi connectivity index (χ1) is 10.9. The third-order valence-corrected chi connectivity index (χ3v) is 4.80. The normalized spacial score (nSPS) is 28.1. The molecule has 2 saturated heterocycles. The Bertz CT molecular complexity index is 555. The predicted octanol–water partition coefficient (Wildman–Crippen LogP) is 2.52. The monoisotopic (exact) mass is 331 g/mol. The molecule has 0 N–H and O–H groups in total. The van der Waals surface area contributed by atoms with Crippen molar-refractivity contribution in [1.82, 2.24) is 14.9 Å². The van der Waals surface area contributed by atoms with Gasteiger partial charge in [0.25, 0.3) is 0 Å². The van der Waals surface area contributed by atoms with Crippen LogP contribution in [0.4, 0.5) is 13.2 Å². The highest BCUT2D eigenvalue weighted by atomic mass is 19.4. The van der Waals surface area contributed by atoms with Crippen molar-refractivity contribution in [3.8, 4) is 5.88 Å². The summed E-state index contributed by atoms with van der Waals surface area (Å²) in [7, 11) is 1.70. The van der Waals surface area contributed by atoms with E-state index in [0.29, 0.717) is 13.2 Å². The van der Waals surface area contributed by atoms with Crippen LogP contribution in [0.5, 0.6) is 5.88 Å². The number of rotatable bonds is 5. The van der Waals surface area contributed by atoms with Crippen molar-refractivity contribution in [2.24, 2.45) is 0 Å². The smallest absolute Gasteiger partial charge is 0.433 e. The second kappa shape index (κ2) is 6.24. The molecule has 1 aromatic heterocycles. The first-order valence-electron chi connectivity index (χ1n) is 7.72. The van der Waals surface area contributed by atoms with Crippen LogP contribution in [0.15, 0.2) is 12.4 Å². The molecule has 1 unspecified atom stereocenters. The highest BCUT2D eigenvalue weighted by molar-refractivity contribution is 5.16. The molecule has 23 heavy (non-hydrogen) atoms. The molecule has 2 fully saturated rings. The van der Waals surface area contributed by atoms with Gasteiger partial charge in [0.2, 0.25) is 5.88 Å². The molecule has 5 nitrogen and oxygen atoms in total. The maximum absolute atomic E-state index is 12.7. The number of alkyl halides is 3. The minimum absolute atomic E-state index is 0.0317. The lowest BCUT2D eigenvalue weighted by molar-refractivity contribution is -0.141. The van der Waals surface area contributed by atoms with Crippen LogP contribution in [0.3, 0.4) is 0 Å². The maximum Gasteiger partial charge on any atom is 0.433 e. The Balaban J connectivity index is 1.63. The van der Waals surface area contributed by atoms with Gasteiger partial charge in [-0.05, 0) is 32.2 Å². The number of ether oxygens (including phenoxy) is 2. The Labute approximate surface area is 132 Å². The molecule has 128 valence electrons. The summed E-state index contributed by atoms with van der Waals surface area (Å²) in [5.74, 6) is -0.0317. The lowest BCUT2D eigenvalue weighted by Gasteiger charge is -2.34.